The van der Waals surface area contributed by atoms with Crippen molar-refractivity contribution >= 4 is 50.4 Å². The number of benzene rings is 5. The van der Waals surface area contributed by atoms with Crippen LogP contribution < -0.4 is 4.40 Å². The normalized spacial score (nSPS) is 13.5. The maximum Gasteiger partial charge on any atom is 0 e. The Labute approximate surface area is 336 Å². The summed E-state index contributed by atoms with van der Waals surface area (Å²) in [6.45, 7) is 4.78. The van der Waals surface area contributed by atoms with Gasteiger partial charge < -0.3 is 9.40 Å². The van der Waals surface area contributed by atoms with Crippen molar-refractivity contribution in [2.24, 2.45) is 5.92 Å². The second kappa shape index (κ2) is 15.8. The first kappa shape index (κ1) is 37.9. The van der Waals surface area contributed by atoms with E-state index in [1.165, 1.54) is 52.0 Å². The fourth-order valence-corrected chi connectivity index (χ4v) is 10.1. The minimum atomic E-state index is -1.78. The molecule has 0 spiro atoms. The molecule has 0 aliphatic heterocycles. The van der Waals surface area contributed by atoms with Crippen molar-refractivity contribution in [1.82, 2.24) is 9.97 Å². The van der Waals surface area contributed by atoms with E-state index in [0.717, 1.165) is 55.9 Å². The number of aromatic nitrogens is 2. The molecule has 3 aromatic heterocycles. The van der Waals surface area contributed by atoms with Gasteiger partial charge in [0.1, 0.15) is 5.58 Å². The zero-order valence-electron chi connectivity index (χ0n) is 31.7. The molecule has 3 heterocycles. The Morgan fingerprint density at radius 2 is 1.41 bits per heavy atom. The number of furan rings is 1. The average molecular weight is 944 g/mol. The van der Waals surface area contributed by atoms with E-state index >= 15 is 0 Å². The summed E-state index contributed by atoms with van der Waals surface area (Å²) in [7, 11) is 0. The molecule has 0 saturated heterocycles. The molecule has 0 bridgehead atoms. The van der Waals surface area contributed by atoms with E-state index in [-0.39, 0.29) is 25.5 Å². The Kier molecular flexibility index (Phi) is 11.1. The maximum atomic E-state index is 6.45. The first-order valence-corrected chi connectivity index (χ1v) is 26.3. The van der Waals surface area contributed by atoms with Gasteiger partial charge in [0.2, 0.25) is 0 Å². The predicted octanol–water partition coefficient (Wildman–Crippen LogP) is 12.8. The molecule has 3 nitrogen and oxygen atoms in total. The summed E-state index contributed by atoms with van der Waals surface area (Å²) in [5.74, 6) is 7.90. The molecule has 273 valence electrons. The third kappa shape index (κ3) is 7.62. The summed E-state index contributed by atoms with van der Waals surface area (Å²) in [6, 6.07) is 49.1. The van der Waals surface area contributed by atoms with Gasteiger partial charge in [-0.25, -0.2) is 0 Å². The molecule has 0 unspecified atom stereocenters. The summed E-state index contributed by atoms with van der Waals surface area (Å²) in [6.07, 6.45) is 9.35. The smallest absolute Gasteiger partial charge is 0 e. The standard InChI is InChI=1S/C31H28NO.C18H18GeN.Ir/c1-31(2,23-11-6-7-12-23)24-17-18-32-28(20-24)27-14-8-13-26-25-16-15-22(19-29(25)33-30(26)27)21-9-4-3-5-10-21;1-19(2,3)15-11-12-18(20-13-15)17-10-6-8-14-7-4-5-9-16(14)17;/h3-5,8-10,13,15-20,23H,6-7,11-12H2,1-2H3;4-9,11-13H,1-3H3;/q2*-1;. The SMILES string of the molecule is CC(C)(c1ccnc(-c2[c-]ccc3c2oc2cc(-c4ccccc4)ccc23)c1)C1CCCC1.[CH3][Ge]([CH3])([CH3])[c]1ccc(-c2[c-]ccc3ccccc23)nc1.[Ir]. The first-order chi connectivity index (χ1) is 25.7. The van der Waals surface area contributed by atoms with Crippen molar-refractivity contribution in [2.75, 3.05) is 0 Å². The summed E-state index contributed by atoms with van der Waals surface area (Å²) < 4.78 is 7.89. The molecule has 1 aliphatic rings. The molecule has 1 fully saturated rings. The van der Waals surface area contributed by atoms with Crippen LogP contribution in [0.5, 0.6) is 0 Å². The summed E-state index contributed by atoms with van der Waals surface area (Å²) in [5.41, 5.74) is 9.58. The van der Waals surface area contributed by atoms with Gasteiger partial charge in [0.05, 0.1) is 5.58 Å². The Balaban J connectivity index is 0.000000184. The third-order valence-electron chi connectivity index (χ3n) is 11.3. The van der Waals surface area contributed by atoms with Crippen LogP contribution in [0.1, 0.15) is 45.1 Å². The van der Waals surface area contributed by atoms with Gasteiger partial charge in [-0.2, -0.15) is 0 Å². The number of fused-ring (bicyclic) bond motifs is 4. The second-order valence-corrected chi connectivity index (χ2v) is 26.7. The number of rotatable bonds is 6. The Morgan fingerprint density at radius 3 is 2.17 bits per heavy atom. The zero-order valence-corrected chi connectivity index (χ0v) is 36.2. The summed E-state index contributed by atoms with van der Waals surface area (Å²) in [4.78, 5) is 9.43. The summed E-state index contributed by atoms with van der Waals surface area (Å²) >= 11 is -1.78. The number of hydrogen-bond acceptors (Lipinski definition) is 3. The number of nitrogens with zero attached hydrogens (tertiary/aromatic N) is 2. The molecular formula is C49H46GeIrN2O-2. The minimum Gasteiger partial charge on any atom is 0 e. The van der Waals surface area contributed by atoms with Crippen LogP contribution >= 0.6 is 0 Å². The Bertz CT molecular complexity index is 2520. The molecule has 0 amide bonds. The largest absolute Gasteiger partial charge is 0 e. The Hall–Kier alpha value is -4.35. The minimum absolute atomic E-state index is 0. The van der Waals surface area contributed by atoms with Crippen molar-refractivity contribution in [2.45, 2.75) is 62.2 Å². The number of pyridine rings is 2. The second-order valence-electron chi connectivity index (χ2n) is 16.0. The maximum absolute atomic E-state index is 6.45. The van der Waals surface area contributed by atoms with Crippen molar-refractivity contribution in [3.8, 4) is 33.6 Å². The quantitative estimate of drug-likeness (QED) is 0.123. The van der Waals surface area contributed by atoms with Crippen molar-refractivity contribution < 1.29 is 24.5 Å². The molecule has 8 aromatic rings. The molecule has 1 aliphatic carbocycles. The van der Waals surface area contributed by atoms with E-state index in [9.17, 15) is 0 Å². The van der Waals surface area contributed by atoms with E-state index in [2.05, 4.69) is 158 Å². The van der Waals surface area contributed by atoms with E-state index in [1.807, 2.05) is 24.4 Å². The van der Waals surface area contributed by atoms with Gasteiger partial charge in [0, 0.05) is 31.7 Å². The van der Waals surface area contributed by atoms with Crippen LogP contribution in [-0.4, -0.2) is 23.2 Å². The third-order valence-corrected chi connectivity index (χ3v) is 15.5. The first-order valence-electron chi connectivity index (χ1n) is 18.9. The van der Waals surface area contributed by atoms with Crippen LogP contribution in [0.25, 0.3) is 66.4 Å². The van der Waals surface area contributed by atoms with Crippen LogP contribution in [0.2, 0.25) is 17.3 Å². The predicted molar refractivity (Wildman–Crippen MR) is 225 cm³/mol. The van der Waals surface area contributed by atoms with Crippen molar-refractivity contribution in [1.29, 1.82) is 0 Å². The van der Waals surface area contributed by atoms with Crippen LogP contribution in [0, 0.1) is 18.1 Å². The summed E-state index contributed by atoms with van der Waals surface area (Å²) in [5, 5.41) is 4.69. The molecule has 9 rings (SSSR count). The Morgan fingerprint density at radius 1 is 0.667 bits per heavy atom. The molecule has 1 saturated carbocycles. The van der Waals surface area contributed by atoms with E-state index in [4.69, 9.17) is 9.40 Å². The molecule has 5 heteroatoms. The van der Waals surface area contributed by atoms with Gasteiger partial charge in [-0.05, 0) is 58.7 Å². The van der Waals surface area contributed by atoms with Crippen LogP contribution in [0.15, 0.2) is 138 Å². The molecular weight excluding hydrogens is 897 g/mol. The fraction of sp³-hybridized carbons (Fsp3) is 0.224. The molecule has 1 radical (unpaired) electrons. The molecule has 54 heavy (non-hydrogen) atoms. The van der Waals surface area contributed by atoms with Crippen LogP contribution in [0.3, 0.4) is 0 Å². The van der Waals surface area contributed by atoms with Crippen molar-refractivity contribution in [3.63, 3.8) is 0 Å². The van der Waals surface area contributed by atoms with Crippen molar-refractivity contribution in [3.05, 3.63) is 151 Å². The van der Waals surface area contributed by atoms with Crippen LogP contribution in [0.4, 0.5) is 0 Å². The van der Waals surface area contributed by atoms with Gasteiger partial charge in [-0.3, -0.25) is 0 Å². The monoisotopic (exact) mass is 945 g/mol. The van der Waals surface area contributed by atoms with Gasteiger partial charge >= 0.3 is 123 Å². The number of hydrogen-bond donors (Lipinski definition) is 0. The van der Waals surface area contributed by atoms with Gasteiger partial charge in [-0.1, -0.05) is 86.2 Å². The zero-order chi connectivity index (χ0) is 36.6. The average Bonchev–Trinajstić information content (AvgIpc) is 3.87. The topological polar surface area (TPSA) is 38.9 Å². The van der Waals surface area contributed by atoms with E-state index < -0.39 is 13.3 Å². The van der Waals surface area contributed by atoms with Gasteiger partial charge in [-0.15, -0.1) is 18.2 Å². The molecule has 0 N–H and O–H groups in total. The van der Waals surface area contributed by atoms with Gasteiger partial charge in [0.25, 0.3) is 0 Å². The van der Waals surface area contributed by atoms with E-state index in [1.54, 1.807) is 0 Å². The molecule has 0 atom stereocenters. The van der Waals surface area contributed by atoms with Gasteiger partial charge in [0.15, 0.2) is 0 Å². The molecule has 5 aromatic carbocycles. The van der Waals surface area contributed by atoms with E-state index in [0.29, 0.717) is 0 Å². The van der Waals surface area contributed by atoms with Crippen LogP contribution in [-0.2, 0) is 25.5 Å². The fourth-order valence-electron chi connectivity index (χ4n) is 7.95.